The number of nitrogens with zero attached hydrogens (tertiary/aromatic N) is 2. The van der Waals surface area contributed by atoms with Gasteiger partial charge in [0, 0.05) is 18.3 Å². The van der Waals surface area contributed by atoms with Gasteiger partial charge in [0.1, 0.15) is 0 Å². The first-order valence-electron chi connectivity index (χ1n) is 7.69. The summed E-state index contributed by atoms with van der Waals surface area (Å²) in [6.07, 6.45) is 6.15. The zero-order chi connectivity index (χ0) is 14.8. The van der Waals surface area contributed by atoms with E-state index in [0.29, 0.717) is 0 Å². The molecule has 1 aliphatic heterocycles. The van der Waals surface area contributed by atoms with Gasteiger partial charge < -0.3 is 0 Å². The first-order chi connectivity index (χ1) is 10.2. The molecule has 0 radical (unpaired) electrons. The minimum Gasteiger partial charge on any atom is -0.297 e. The van der Waals surface area contributed by atoms with Gasteiger partial charge in [0.2, 0.25) is 11.8 Å². The number of hydrogen-bond acceptors (Lipinski definition) is 4. The predicted octanol–water partition coefficient (Wildman–Crippen LogP) is 1.80. The molecule has 2 amide bonds. The topological polar surface area (TPSA) is 62.3 Å². The van der Waals surface area contributed by atoms with Crippen molar-refractivity contribution < 1.29 is 9.59 Å². The maximum Gasteiger partial charge on any atom is 0.247 e. The Labute approximate surface area is 124 Å². The Morgan fingerprint density at radius 3 is 2.71 bits per heavy atom. The molecular weight excluding hydrogens is 266 g/mol. The third-order valence-electron chi connectivity index (χ3n) is 4.46. The van der Waals surface area contributed by atoms with Crippen LogP contribution in [0.3, 0.4) is 0 Å². The van der Waals surface area contributed by atoms with Crippen LogP contribution in [-0.4, -0.2) is 33.8 Å². The summed E-state index contributed by atoms with van der Waals surface area (Å²) in [7, 11) is 0. The van der Waals surface area contributed by atoms with Gasteiger partial charge in [-0.25, -0.2) is 0 Å². The number of aromatic nitrogens is 1. The number of amides is 2. The molecule has 1 aromatic rings. The van der Waals surface area contributed by atoms with Crippen LogP contribution in [0.5, 0.6) is 0 Å². The van der Waals surface area contributed by atoms with Crippen LogP contribution in [-0.2, 0) is 9.59 Å². The van der Waals surface area contributed by atoms with E-state index in [0.717, 1.165) is 31.4 Å². The van der Waals surface area contributed by atoms with Gasteiger partial charge in [-0.3, -0.25) is 24.8 Å². The number of nitrogens with one attached hydrogen (secondary N) is 1. The van der Waals surface area contributed by atoms with Crippen LogP contribution in [0.2, 0.25) is 0 Å². The first kappa shape index (κ1) is 14.2. The molecule has 1 saturated carbocycles. The summed E-state index contributed by atoms with van der Waals surface area (Å²) in [5.41, 5.74) is 0.886. The van der Waals surface area contributed by atoms with Gasteiger partial charge in [-0.2, -0.15) is 0 Å². The molecular formula is C16H21N3O2. The van der Waals surface area contributed by atoms with Gasteiger partial charge >= 0.3 is 0 Å². The van der Waals surface area contributed by atoms with E-state index in [1.54, 1.807) is 6.20 Å². The molecule has 112 valence electrons. The summed E-state index contributed by atoms with van der Waals surface area (Å²) >= 11 is 0. The molecule has 1 N–H and O–H groups in total. The highest BCUT2D eigenvalue weighted by Gasteiger charge is 2.43. The molecule has 5 heteroatoms. The monoisotopic (exact) mass is 287 g/mol. The Kier molecular flexibility index (Phi) is 4.01. The molecule has 0 spiro atoms. The Hall–Kier alpha value is -1.75. The Bertz CT molecular complexity index is 526. The van der Waals surface area contributed by atoms with Crippen molar-refractivity contribution in [3.8, 4) is 0 Å². The van der Waals surface area contributed by atoms with Crippen molar-refractivity contribution in [1.82, 2.24) is 15.2 Å². The average Bonchev–Trinajstić information content (AvgIpc) is 3.09. The predicted molar refractivity (Wildman–Crippen MR) is 78.3 cm³/mol. The van der Waals surface area contributed by atoms with Crippen LogP contribution in [0.1, 0.15) is 50.8 Å². The van der Waals surface area contributed by atoms with Crippen molar-refractivity contribution in [2.24, 2.45) is 0 Å². The quantitative estimate of drug-likeness (QED) is 0.858. The number of pyridine rings is 1. The van der Waals surface area contributed by atoms with Gasteiger partial charge in [-0.1, -0.05) is 18.9 Å². The Balaban J connectivity index is 1.67. The third-order valence-corrected chi connectivity index (χ3v) is 4.46. The van der Waals surface area contributed by atoms with Gasteiger partial charge in [0.15, 0.2) is 0 Å². The molecule has 1 aliphatic carbocycles. The van der Waals surface area contributed by atoms with E-state index in [1.807, 2.05) is 25.1 Å². The third kappa shape index (κ3) is 2.83. The molecule has 21 heavy (non-hydrogen) atoms. The van der Waals surface area contributed by atoms with Crippen molar-refractivity contribution in [3.05, 3.63) is 30.1 Å². The first-order valence-corrected chi connectivity index (χ1v) is 7.69. The maximum atomic E-state index is 12.5. The van der Waals surface area contributed by atoms with Crippen molar-refractivity contribution >= 4 is 11.8 Å². The van der Waals surface area contributed by atoms with Crippen molar-refractivity contribution in [2.75, 3.05) is 0 Å². The van der Waals surface area contributed by atoms with E-state index < -0.39 is 6.04 Å². The van der Waals surface area contributed by atoms with E-state index in [-0.39, 0.29) is 30.3 Å². The number of carbonyl (C=O) groups is 2. The molecule has 2 atom stereocenters. The van der Waals surface area contributed by atoms with E-state index in [4.69, 9.17) is 0 Å². The van der Waals surface area contributed by atoms with Gasteiger partial charge in [-0.15, -0.1) is 0 Å². The second kappa shape index (κ2) is 5.93. The fourth-order valence-corrected chi connectivity index (χ4v) is 3.35. The summed E-state index contributed by atoms with van der Waals surface area (Å²) in [6.45, 7) is 1.97. The lowest BCUT2D eigenvalue weighted by Gasteiger charge is -2.23. The zero-order valence-electron chi connectivity index (χ0n) is 12.3. The fourth-order valence-electron chi connectivity index (χ4n) is 3.35. The molecule has 2 unspecified atom stereocenters. The second-order valence-corrected chi connectivity index (χ2v) is 5.94. The van der Waals surface area contributed by atoms with E-state index in [1.165, 1.54) is 4.90 Å². The molecule has 1 saturated heterocycles. The maximum absolute atomic E-state index is 12.5. The number of imide groups is 1. The minimum absolute atomic E-state index is 0.0300. The lowest BCUT2D eigenvalue weighted by Crippen LogP contribution is -2.43. The van der Waals surface area contributed by atoms with Crippen LogP contribution in [0.15, 0.2) is 24.4 Å². The summed E-state index contributed by atoms with van der Waals surface area (Å²) in [4.78, 5) is 30.4. The molecule has 0 aromatic carbocycles. The molecule has 3 rings (SSSR count). The Morgan fingerprint density at radius 1 is 1.29 bits per heavy atom. The summed E-state index contributed by atoms with van der Waals surface area (Å²) in [6, 6.07) is 5.39. The SMILES string of the molecule is CC(NC1CC(=O)N(C2CCCC2)C1=O)c1ccccn1. The number of carbonyl (C=O) groups excluding carboxylic acids is 2. The van der Waals surface area contributed by atoms with Crippen LogP contribution in [0.25, 0.3) is 0 Å². The highest BCUT2D eigenvalue weighted by molar-refractivity contribution is 6.05. The largest absolute Gasteiger partial charge is 0.297 e. The molecule has 1 aromatic heterocycles. The van der Waals surface area contributed by atoms with E-state index in [9.17, 15) is 9.59 Å². The second-order valence-electron chi connectivity index (χ2n) is 5.94. The fraction of sp³-hybridized carbons (Fsp3) is 0.562. The van der Waals surface area contributed by atoms with Crippen molar-refractivity contribution in [1.29, 1.82) is 0 Å². The van der Waals surface area contributed by atoms with Gasteiger partial charge in [0.05, 0.1) is 18.2 Å². The molecule has 5 nitrogen and oxygen atoms in total. The molecule has 2 aliphatic rings. The molecule has 2 fully saturated rings. The highest BCUT2D eigenvalue weighted by atomic mass is 16.2. The van der Waals surface area contributed by atoms with Crippen LogP contribution >= 0.6 is 0 Å². The molecule has 2 heterocycles. The molecule has 0 bridgehead atoms. The summed E-state index contributed by atoms with van der Waals surface area (Å²) in [5.74, 6) is -0.0905. The number of likely N-dealkylation sites (tertiary alicyclic amines) is 1. The van der Waals surface area contributed by atoms with E-state index in [2.05, 4.69) is 10.3 Å². The van der Waals surface area contributed by atoms with Gasteiger partial charge in [-0.05, 0) is 31.9 Å². The van der Waals surface area contributed by atoms with Crippen LogP contribution < -0.4 is 5.32 Å². The summed E-state index contributed by atoms with van der Waals surface area (Å²) in [5, 5.41) is 3.25. The highest BCUT2D eigenvalue weighted by Crippen LogP contribution is 2.28. The number of hydrogen-bond donors (Lipinski definition) is 1. The van der Waals surface area contributed by atoms with Crippen LogP contribution in [0.4, 0.5) is 0 Å². The smallest absolute Gasteiger partial charge is 0.247 e. The standard InChI is InChI=1S/C16H21N3O2/c1-11(13-8-4-5-9-17-13)18-14-10-15(20)19(16(14)21)12-6-2-3-7-12/h4-5,8-9,11-12,14,18H,2-3,6-7,10H2,1H3. The van der Waals surface area contributed by atoms with Crippen molar-refractivity contribution in [3.63, 3.8) is 0 Å². The minimum atomic E-state index is -0.407. The van der Waals surface area contributed by atoms with E-state index >= 15 is 0 Å². The normalized spacial score (nSPS) is 24.8. The average molecular weight is 287 g/mol. The van der Waals surface area contributed by atoms with Crippen molar-refractivity contribution in [2.45, 2.75) is 57.2 Å². The summed E-state index contributed by atoms with van der Waals surface area (Å²) < 4.78 is 0. The van der Waals surface area contributed by atoms with Crippen LogP contribution in [0, 0.1) is 0 Å². The zero-order valence-corrected chi connectivity index (χ0v) is 12.3. The lowest BCUT2D eigenvalue weighted by molar-refractivity contribution is -0.141. The number of rotatable bonds is 4. The Morgan fingerprint density at radius 2 is 2.05 bits per heavy atom. The lowest BCUT2D eigenvalue weighted by atomic mass is 10.1. The van der Waals surface area contributed by atoms with Gasteiger partial charge in [0.25, 0.3) is 0 Å².